The Balaban J connectivity index is 0.00000480. The van der Waals surface area contributed by atoms with Gasteiger partial charge in [-0.25, -0.2) is 0 Å². The van der Waals surface area contributed by atoms with E-state index in [9.17, 15) is 0 Å². The average Bonchev–Trinajstić information content (AvgIpc) is 3.26. The Kier molecular flexibility index (Phi) is 13.2. The van der Waals surface area contributed by atoms with Crippen LogP contribution in [0.2, 0.25) is 0 Å². The predicted octanol–water partition coefficient (Wildman–Crippen LogP) is 6.21. The van der Waals surface area contributed by atoms with Crippen LogP contribution in [-0.4, -0.2) is 37.3 Å². The van der Waals surface area contributed by atoms with Gasteiger partial charge in [0.1, 0.15) is 5.60 Å². The lowest BCUT2D eigenvalue weighted by Crippen LogP contribution is -2.22. The van der Waals surface area contributed by atoms with Crippen LogP contribution in [0.1, 0.15) is 37.5 Å². The zero-order valence-electron chi connectivity index (χ0n) is 19.0. The number of halogens is 1. The number of thiophene rings is 1. The van der Waals surface area contributed by atoms with Gasteiger partial charge in [0.25, 0.3) is 0 Å². The molecule has 0 atom stereocenters. The van der Waals surface area contributed by atoms with Crippen molar-refractivity contribution in [2.45, 2.75) is 39.5 Å². The number of ether oxygens (including phenoxy) is 2. The molecule has 3 nitrogen and oxygen atoms in total. The summed E-state index contributed by atoms with van der Waals surface area (Å²) >= 11 is 1.71. The predicted molar refractivity (Wildman–Crippen MR) is 136 cm³/mol. The van der Waals surface area contributed by atoms with E-state index in [2.05, 4.69) is 83.0 Å². The first kappa shape index (κ1) is 27.2. The van der Waals surface area contributed by atoms with Crippen LogP contribution in [0.3, 0.4) is 0 Å². The second kappa shape index (κ2) is 15.0. The highest BCUT2D eigenvalue weighted by atomic mass is 35.5. The first-order valence-electron chi connectivity index (χ1n) is 10.3. The summed E-state index contributed by atoms with van der Waals surface area (Å²) in [5.74, 6) is 6.17. The number of allylic oxidation sites excluding steroid dienone is 1. The molecule has 0 saturated carbocycles. The number of benzene rings is 1. The van der Waals surface area contributed by atoms with Crippen molar-refractivity contribution in [3.8, 4) is 11.8 Å². The van der Waals surface area contributed by atoms with Gasteiger partial charge in [0, 0.05) is 20.2 Å². The minimum Gasteiger partial charge on any atom is -0.373 e. The van der Waals surface area contributed by atoms with Crippen LogP contribution in [0.15, 0.2) is 59.3 Å². The topological polar surface area (TPSA) is 21.7 Å². The smallest absolute Gasteiger partial charge is 0.123 e. The summed E-state index contributed by atoms with van der Waals surface area (Å²) in [5.41, 5.74) is 3.33. The van der Waals surface area contributed by atoms with Crippen molar-refractivity contribution < 1.29 is 9.47 Å². The van der Waals surface area contributed by atoms with Gasteiger partial charge in [0.05, 0.1) is 13.2 Å². The quantitative estimate of drug-likeness (QED) is 0.294. The third kappa shape index (κ3) is 11.4. The van der Waals surface area contributed by atoms with E-state index in [1.54, 1.807) is 18.4 Å². The molecule has 2 aromatic rings. The molecular formula is C26H34ClNO2S. The van der Waals surface area contributed by atoms with Crippen LogP contribution in [0.5, 0.6) is 0 Å². The Hall–Kier alpha value is -1.87. The van der Waals surface area contributed by atoms with Crippen LogP contribution < -0.4 is 0 Å². The molecule has 5 heteroatoms. The molecule has 1 aromatic heterocycles. The van der Waals surface area contributed by atoms with Crippen LogP contribution in [-0.2, 0) is 22.6 Å². The monoisotopic (exact) mass is 459 g/mol. The minimum absolute atomic E-state index is 0. The zero-order chi connectivity index (χ0) is 21.7. The molecule has 0 bridgehead atoms. The lowest BCUT2D eigenvalue weighted by Gasteiger charge is -2.19. The molecule has 168 valence electrons. The lowest BCUT2D eigenvalue weighted by molar-refractivity contribution is 0.0742. The van der Waals surface area contributed by atoms with E-state index < -0.39 is 5.60 Å². The number of methoxy groups -OCH3 is 1. The van der Waals surface area contributed by atoms with Crippen molar-refractivity contribution in [2.24, 2.45) is 0 Å². The van der Waals surface area contributed by atoms with Crippen molar-refractivity contribution in [3.05, 3.63) is 76.0 Å². The lowest BCUT2D eigenvalue weighted by atomic mass is 10.1. The van der Waals surface area contributed by atoms with E-state index in [1.165, 1.54) is 16.7 Å². The fourth-order valence-electron chi connectivity index (χ4n) is 2.71. The highest BCUT2D eigenvalue weighted by molar-refractivity contribution is 7.08. The molecule has 0 fully saturated rings. The molecule has 1 aromatic carbocycles. The Labute approximate surface area is 198 Å². The van der Waals surface area contributed by atoms with Crippen molar-refractivity contribution in [1.82, 2.24) is 4.90 Å². The summed E-state index contributed by atoms with van der Waals surface area (Å²) in [6.07, 6.45) is 8.18. The number of rotatable bonds is 11. The molecule has 31 heavy (non-hydrogen) atoms. The third-order valence-electron chi connectivity index (χ3n) is 4.63. The van der Waals surface area contributed by atoms with Gasteiger partial charge in [-0.15, -0.1) is 12.4 Å². The Morgan fingerprint density at radius 3 is 2.68 bits per heavy atom. The fourth-order valence-corrected chi connectivity index (χ4v) is 3.34. The van der Waals surface area contributed by atoms with Crippen LogP contribution in [0, 0.1) is 11.8 Å². The molecule has 1 heterocycles. The average molecular weight is 460 g/mol. The van der Waals surface area contributed by atoms with Gasteiger partial charge < -0.3 is 9.47 Å². The molecule has 0 aliphatic heterocycles. The second-order valence-corrected chi connectivity index (χ2v) is 8.29. The summed E-state index contributed by atoms with van der Waals surface area (Å²) in [5, 5.41) is 4.21. The summed E-state index contributed by atoms with van der Waals surface area (Å²) < 4.78 is 11.1. The standard InChI is InChI=1S/C26H33NO2S.ClH/c1-5-27(16-8-6-7-15-26(2,3)28-4)20-24-11-9-12-25(19-24)21-29-17-10-13-23-14-18-30-22-23;/h6,8-14,18-19,22H,5,16-17,20-21H2,1-4H3;1H/b8-6+,13-10+;. The highest BCUT2D eigenvalue weighted by Gasteiger charge is 2.10. The van der Waals surface area contributed by atoms with Crippen LogP contribution in [0.4, 0.5) is 0 Å². The fraction of sp³-hybridized carbons (Fsp3) is 0.385. The third-order valence-corrected chi connectivity index (χ3v) is 5.33. The molecule has 0 aliphatic rings. The van der Waals surface area contributed by atoms with E-state index in [0.29, 0.717) is 13.2 Å². The molecule has 0 N–H and O–H groups in total. The van der Waals surface area contributed by atoms with Gasteiger partial charge in [-0.3, -0.25) is 4.90 Å². The van der Waals surface area contributed by atoms with E-state index in [1.807, 2.05) is 19.9 Å². The van der Waals surface area contributed by atoms with Crippen LogP contribution >= 0.6 is 23.7 Å². The molecule has 0 radical (unpaired) electrons. The SMILES string of the molecule is CCN(C/C=C/C#CC(C)(C)OC)Cc1cccc(COC/C=C/c2ccsc2)c1.Cl. The molecule has 0 saturated heterocycles. The molecule has 0 amide bonds. The van der Waals surface area contributed by atoms with Crippen LogP contribution in [0.25, 0.3) is 6.08 Å². The largest absolute Gasteiger partial charge is 0.373 e. The maximum absolute atomic E-state index is 5.80. The maximum Gasteiger partial charge on any atom is 0.123 e. The van der Waals surface area contributed by atoms with Gasteiger partial charge in [-0.2, -0.15) is 11.3 Å². The van der Waals surface area contributed by atoms with Crippen molar-refractivity contribution in [1.29, 1.82) is 0 Å². The van der Waals surface area contributed by atoms with Crippen molar-refractivity contribution in [2.75, 3.05) is 26.8 Å². The molecular weight excluding hydrogens is 426 g/mol. The van der Waals surface area contributed by atoms with E-state index in [4.69, 9.17) is 9.47 Å². The van der Waals surface area contributed by atoms with Crippen molar-refractivity contribution >= 4 is 29.8 Å². The van der Waals surface area contributed by atoms with E-state index in [-0.39, 0.29) is 12.4 Å². The summed E-state index contributed by atoms with van der Waals surface area (Å²) in [6, 6.07) is 10.7. The van der Waals surface area contributed by atoms with Gasteiger partial charge in [0.2, 0.25) is 0 Å². The Bertz CT molecular complexity index is 863. The zero-order valence-corrected chi connectivity index (χ0v) is 20.6. The van der Waals surface area contributed by atoms with Gasteiger partial charge in [0.15, 0.2) is 0 Å². The molecule has 0 unspecified atom stereocenters. The number of hydrogen-bond acceptors (Lipinski definition) is 4. The van der Waals surface area contributed by atoms with E-state index in [0.717, 1.165) is 19.6 Å². The number of nitrogens with zero attached hydrogens (tertiary/aromatic N) is 1. The normalized spacial score (nSPS) is 11.6. The van der Waals surface area contributed by atoms with Crippen molar-refractivity contribution in [3.63, 3.8) is 0 Å². The first-order valence-corrected chi connectivity index (χ1v) is 11.3. The molecule has 0 aliphatic carbocycles. The molecule has 0 spiro atoms. The highest BCUT2D eigenvalue weighted by Crippen LogP contribution is 2.11. The van der Waals surface area contributed by atoms with Gasteiger partial charge >= 0.3 is 0 Å². The molecule has 2 rings (SSSR count). The minimum atomic E-state index is -0.406. The van der Waals surface area contributed by atoms with E-state index >= 15 is 0 Å². The second-order valence-electron chi connectivity index (χ2n) is 7.51. The summed E-state index contributed by atoms with van der Waals surface area (Å²) in [6.45, 7) is 10.1. The summed E-state index contributed by atoms with van der Waals surface area (Å²) in [4.78, 5) is 2.38. The Morgan fingerprint density at radius 1 is 1.16 bits per heavy atom. The Morgan fingerprint density at radius 2 is 1.97 bits per heavy atom. The van der Waals surface area contributed by atoms with Gasteiger partial charge in [-0.05, 0) is 60.0 Å². The summed E-state index contributed by atoms with van der Waals surface area (Å²) in [7, 11) is 1.68. The van der Waals surface area contributed by atoms with Gasteiger partial charge in [-0.1, -0.05) is 61.3 Å². The number of hydrogen-bond donors (Lipinski definition) is 0. The first-order chi connectivity index (χ1) is 14.5. The maximum atomic E-state index is 5.80. The number of likely N-dealkylation sites (N-methyl/N-ethyl adjacent to an activating group) is 1.